The number of likely N-dealkylation sites (tertiary alicyclic amines) is 1. The Morgan fingerprint density at radius 1 is 1.30 bits per heavy atom. The van der Waals surface area contributed by atoms with Crippen LogP contribution in [0.1, 0.15) is 50.8 Å². The van der Waals surface area contributed by atoms with E-state index >= 15 is 0 Å². The molecule has 2 amide bonds. The summed E-state index contributed by atoms with van der Waals surface area (Å²) in [6.07, 6.45) is 4.95. The molecule has 0 aliphatic carbocycles. The van der Waals surface area contributed by atoms with Crippen LogP contribution in [0.3, 0.4) is 0 Å². The van der Waals surface area contributed by atoms with E-state index in [1.807, 2.05) is 16.3 Å². The summed E-state index contributed by atoms with van der Waals surface area (Å²) in [7, 11) is 0. The van der Waals surface area contributed by atoms with Gasteiger partial charge >= 0.3 is 0 Å². The van der Waals surface area contributed by atoms with Gasteiger partial charge < -0.3 is 10.2 Å². The molecule has 1 saturated heterocycles. The second-order valence-electron chi connectivity index (χ2n) is 6.26. The van der Waals surface area contributed by atoms with Crippen LogP contribution in [-0.4, -0.2) is 35.8 Å². The van der Waals surface area contributed by atoms with Gasteiger partial charge in [0.05, 0.1) is 0 Å². The molecular weight excluding hydrogens is 308 g/mol. The minimum Gasteiger partial charge on any atom is -0.353 e. The number of hydrogen-bond acceptors (Lipinski definition) is 3. The van der Waals surface area contributed by atoms with Gasteiger partial charge in [-0.2, -0.15) is 0 Å². The van der Waals surface area contributed by atoms with Crippen LogP contribution in [0, 0.1) is 5.92 Å². The number of hydrogen-bond donors (Lipinski definition) is 1. The normalized spacial score (nSPS) is 15.9. The summed E-state index contributed by atoms with van der Waals surface area (Å²) in [6, 6.07) is 4.33. The number of aryl methyl sites for hydroxylation is 1. The van der Waals surface area contributed by atoms with E-state index in [1.165, 1.54) is 4.88 Å². The Labute approximate surface area is 143 Å². The maximum Gasteiger partial charge on any atom is 0.223 e. The number of carbonyl (C=O) groups is 2. The zero-order chi connectivity index (χ0) is 16.7. The smallest absolute Gasteiger partial charge is 0.223 e. The van der Waals surface area contributed by atoms with Crippen molar-refractivity contribution in [2.75, 3.05) is 13.1 Å². The molecule has 0 saturated carbocycles. The molecule has 1 N–H and O–H groups in total. The number of piperidine rings is 1. The van der Waals surface area contributed by atoms with Gasteiger partial charge in [-0.05, 0) is 43.6 Å². The zero-order valence-electron chi connectivity index (χ0n) is 14.2. The quantitative estimate of drug-likeness (QED) is 0.831. The highest BCUT2D eigenvalue weighted by molar-refractivity contribution is 7.09. The summed E-state index contributed by atoms with van der Waals surface area (Å²) in [4.78, 5) is 27.6. The summed E-state index contributed by atoms with van der Waals surface area (Å²) in [5, 5.41) is 5.21. The fraction of sp³-hybridized carbons (Fsp3) is 0.667. The first kappa shape index (κ1) is 18.0. The van der Waals surface area contributed by atoms with Crippen molar-refractivity contribution in [2.24, 2.45) is 5.92 Å². The van der Waals surface area contributed by atoms with Crippen LogP contribution in [0.2, 0.25) is 0 Å². The molecule has 0 spiro atoms. The summed E-state index contributed by atoms with van der Waals surface area (Å²) >= 11 is 1.71. The van der Waals surface area contributed by atoms with Crippen LogP contribution in [0.4, 0.5) is 0 Å². The molecule has 1 aliphatic rings. The highest BCUT2D eigenvalue weighted by atomic mass is 32.1. The Bertz CT molecular complexity index is 489. The van der Waals surface area contributed by atoms with E-state index in [9.17, 15) is 9.59 Å². The van der Waals surface area contributed by atoms with E-state index in [1.54, 1.807) is 11.3 Å². The highest BCUT2D eigenvalue weighted by Crippen LogP contribution is 2.16. The summed E-state index contributed by atoms with van der Waals surface area (Å²) in [5.74, 6) is 0.543. The van der Waals surface area contributed by atoms with Gasteiger partial charge in [-0.25, -0.2) is 0 Å². The molecule has 1 fully saturated rings. The van der Waals surface area contributed by atoms with Gasteiger partial charge in [0.25, 0.3) is 0 Å². The molecule has 0 unspecified atom stereocenters. The molecule has 2 heterocycles. The van der Waals surface area contributed by atoms with Crippen molar-refractivity contribution >= 4 is 23.2 Å². The van der Waals surface area contributed by atoms with Crippen molar-refractivity contribution in [1.29, 1.82) is 0 Å². The zero-order valence-corrected chi connectivity index (χ0v) is 15.0. The molecular formula is C18H28N2O2S. The first-order chi connectivity index (χ1) is 11.1. The first-order valence-electron chi connectivity index (χ1n) is 8.74. The predicted molar refractivity (Wildman–Crippen MR) is 94.5 cm³/mol. The number of rotatable bonds is 7. The first-order valence-corrected chi connectivity index (χ1v) is 9.62. The van der Waals surface area contributed by atoms with Gasteiger partial charge in [0, 0.05) is 36.3 Å². The molecule has 2 rings (SSSR count). The summed E-state index contributed by atoms with van der Waals surface area (Å²) < 4.78 is 0. The second-order valence-corrected chi connectivity index (χ2v) is 7.29. The fourth-order valence-corrected chi connectivity index (χ4v) is 3.80. The number of amides is 2. The van der Waals surface area contributed by atoms with Crippen LogP contribution in [-0.2, 0) is 16.0 Å². The predicted octanol–water partition coefficient (Wildman–Crippen LogP) is 3.22. The van der Waals surface area contributed by atoms with E-state index in [0.717, 1.165) is 45.2 Å². The summed E-state index contributed by atoms with van der Waals surface area (Å²) in [6.45, 7) is 5.64. The van der Waals surface area contributed by atoms with Crippen LogP contribution >= 0.6 is 11.3 Å². The Kier molecular flexibility index (Phi) is 7.09. The van der Waals surface area contributed by atoms with Crippen molar-refractivity contribution in [2.45, 2.75) is 58.4 Å². The Morgan fingerprint density at radius 2 is 2.00 bits per heavy atom. The van der Waals surface area contributed by atoms with Crippen molar-refractivity contribution < 1.29 is 9.59 Å². The second kappa shape index (κ2) is 9.06. The van der Waals surface area contributed by atoms with Crippen molar-refractivity contribution in [3.63, 3.8) is 0 Å². The van der Waals surface area contributed by atoms with Gasteiger partial charge in [0.2, 0.25) is 11.8 Å². The molecule has 1 aromatic heterocycles. The van der Waals surface area contributed by atoms with Gasteiger partial charge in [-0.3, -0.25) is 9.59 Å². The molecule has 128 valence electrons. The standard InChI is InChI=1S/C18H28N2O2S/c1-3-14(4-2)18(22)19-15-9-11-20(12-10-15)17(21)8-7-16-6-5-13-23-16/h5-6,13-15H,3-4,7-12H2,1-2H3,(H,19,22). The topological polar surface area (TPSA) is 49.4 Å². The third-order valence-corrected chi connectivity index (χ3v) is 5.65. The number of nitrogens with zero attached hydrogens (tertiary/aromatic N) is 1. The molecule has 5 heteroatoms. The average molecular weight is 337 g/mol. The van der Waals surface area contributed by atoms with E-state index < -0.39 is 0 Å². The van der Waals surface area contributed by atoms with E-state index in [-0.39, 0.29) is 23.8 Å². The SMILES string of the molecule is CCC(CC)C(=O)NC1CCN(C(=O)CCc2cccs2)CC1. The molecule has 0 aromatic carbocycles. The van der Waals surface area contributed by atoms with E-state index in [2.05, 4.69) is 25.2 Å². The third kappa shape index (κ3) is 5.34. The molecule has 1 aromatic rings. The lowest BCUT2D eigenvalue weighted by Gasteiger charge is -2.33. The fourth-order valence-electron chi connectivity index (χ4n) is 3.09. The monoisotopic (exact) mass is 336 g/mol. The third-order valence-electron chi connectivity index (χ3n) is 4.72. The van der Waals surface area contributed by atoms with Crippen LogP contribution < -0.4 is 5.32 Å². The molecule has 1 aliphatic heterocycles. The molecule has 4 nitrogen and oxygen atoms in total. The van der Waals surface area contributed by atoms with Crippen molar-refractivity contribution in [3.05, 3.63) is 22.4 Å². The van der Waals surface area contributed by atoms with Gasteiger partial charge in [-0.1, -0.05) is 19.9 Å². The van der Waals surface area contributed by atoms with Crippen molar-refractivity contribution in [3.8, 4) is 0 Å². The number of carbonyl (C=O) groups excluding carboxylic acids is 2. The van der Waals surface area contributed by atoms with Gasteiger partial charge in [0.15, 0.2) is 0 Å². The lowest BCUT2D eigenvalue weighted by atomic mass is 9.99. The minimum absolute atomic E-state index is 0.125. The maximum atomic E-state index is 12.3. The summed E-state index contributed by atoms with van der Waals surface area (Å²) in [5.41, 5.74) is 0. The Hall–Kier alpha value is -1.36. The molecule has 0 radical (unpaired) electrons. The maximum absolute atomic E-state index is 12.3. The van der Waals surface area contributed by atoms with Crippen LogP contribution in [0.25, 0.3) is 0 Å². The van der Waals surface area contributed by atoms with E-state index in [0.29, 0.717) is 6.42 Å². The van der Waals surface area contributed by atoms with Gasteiger partial charge in [0.1, 0.15) is 0 Å². The lowest BCUT2D eigenvalue weighted by Crippen LogP contribution is -2.47. The lowest BCUT2D eigenvalue weighted by molar-refractivity contribution is -0.132. The van der Waals surface area contributed by atoms with Crippen LogP contribution in [0.5, 0.6) is 0 Å². The van der Waals surface area contributed by atoms with Gasteiger partial charge in [-0.15, -0.1) is 11.3 Å². The molecule has 0 atom stereocenters. The Morgan fingerprint density at radius 3 is 2.57 bits per heavy atom. The van der Waals surface area contributed by atoms with E-state index in [4.69, 9.17) is 0 Å². The highest BCUT2D eigenvalue weighted by Gasteiger charge is 2.25. The average Bonchev–Trinajstić information content (AvgIpc) is 3.08. The minimum atomic E-state index is 0.125. The number of nitrogens with one attached hydrogen (secondary N) is 1. The molecule has 0 bridgehead atoms. The van der Waals surface area contributed by atoms with Crippen LogP contribution in [0.15, 0.2) is 17.5 Å². The molecule has 23 heavy (non-hydrogen) atoms. The Balaban J connectivity index is 1.70. The largest absolute Gasteiger partial charge is 0.353 e. The number of thiophene rings is 1. The van der Waals surface area contributed by atoms with Crippen molar-refractivity contribution in [1.82, 2.24) is 10.2 Å².